The van der Waals surface area contributed by atoms with Gasteiger partial charge in [0.05, 0.1) is 0 Å². The van der Waals surface area contributed by atoms with Crippen molar-refractivity contribution in [2.75, 3.05) is 26.7 Å². The topological polar surface area (TPSA) is 15.3 Å². The maximum absolute atomic E-state index is 3.27. The number of hydrogen-bond donors (Lipinski definition) is 1. The van der Waals surface area contributed by atoms with Crippen LogP contribution in [-0.4, -0.2) is 31.6 Å². The molecule has 0 aromatic heterocycles. The predicted octanol–water partition coefficient (Wildman–Crippen LogP) is 1.73. The van der Waals surface area contributed by atoms with Crippen LogP contribution in [0, 0.1) is 5.92 Å². The van der Waals surface area contributed by atoms with E-state index in [1.807, 2.05) is 7.05 Å². The zero-order chi connectivity index (χ0) is 10.5. The number of benzene rings is 1. The second-order valence-electron chi connectivity index (χ2n) is 4.43. The molecule has 1 aliphatic rings. The molecule has 0 bridgehead atoms. The Hall–Kier alpha value is -0.860. The average molecular weight is 204 g/mol. The smallest absolute Gasteiger partial charge is 0.0233 e. The summed E-state index contributed by atoms with van der Waals surface area (Å²) in [5, 5.41) is 3.27. The van der Waals surface area contributed by atoms with Gasteiger partial charge in [0, 0.05) is 13.1 Å². The summed E-state index contributed by atoms with van der Waals surface area (Å²) in [5.74, 6) is 0.846. The van der Waals surface area contributed by atoms with Crippen molar-refractivity contribution >= 4 is 0 Å². The summed E-state index contributed by atoms with van der Waals surface area (Å²) in [6, 6.07) is 10.8. The highest BCUT2D eigenvalue weighted by Gasteiger charge is 2.21. The van der Waals surface area contributed by atoms with Crippen LogP contribution in [0.1, 0.15) is 12.0 Å². The molecule has 82 valence electrons. The summed E-state index contributed by atoms with van der Waals surface area (Å²) in [4.78, 5) is 2.55. The van der Waals surface area contributed by atoms with Gasteiger partial charge in [-0.3, -0.25) is 4.90 Å². The molecule has 2 nitrogen and oxygen atoms in total. The average Bonchev–Trinajstić information content (AvgIpc) is 2.68. The summed E-state index contributed by atoms with van der Waals surface area (Å²) < 4.78 is 0. The molecule has 2 heteroatoms. The van der Waals surface area contributed by atoms with E-state index in [2.05, 4.69) is 40.5 Å². The predicted molar refractivity (Wildman–Crippen MR) is 63.8 cm³/mol. The Labute approximate surface area is 92.3 Å². The van der Waals surface area contributed by atoms with Crippen LogP contribution in [0.3, 0.4) is 0 Å². The van der Waals surface area contributed by atoms with Gasteiger partial charge in [-0.05, 0) is 38.0 Å². The minimum Gasteiger partial charge on any atom is -0.319 e. The highest BCUT2D eigenvalue weighted by atomic mass is 15.1. The first-order valence-corrected chi connectivity index (χ1v) is 5.79. The van der Waals surface area contributed by atoms with Crippen molar-refractivity contribution in [3.63, 3.8) is 0 Å². The fraction of sp³-hybridized carbons (Fsp3) is 0.538. The van der Waals surface area contributed by atoms with Crippen LogP contribution in [0.5, 0.6) is 0 Å². The highest BCUT2D eigenvalue weighted by Crippen LogP contribution is 2.17. The van der Waals surface area contributed by atoms with Crippen LogP contribution in [-0.2, 0) is 6.54 Å². The monoisotopic (exact) mass is 204 g/mol. The first-order chi connectivity index (χ1) is 7.38. The van der Waals surface area contributed by atoms with Crippen molar-refractivity contribution in [2.24, 2.45) is 5.92 Å². The molecule has 0 radical (unpaired) electrons. The standard InChI is InChI=1S/C13H20N2/c1-14-9-13-7-8-15(11-13)10-12-5-3-2-4-6-12/h2-6,13-14H,7-11H2,1H3/t13-/m1/s1. The van der Waals surface area contributed by atoms with Gasteiger partial charge in [0.25, 0.3) is 0 Å². The Bertz CT molecular complexity index is 284. The molecule has 0 aliphatic carbocycles. The lowest BCUT2D eigenvalue weighted by Gasteiger charge is -2.15. The summed E-state index contributed by atoms with van der Waals surface area (Å²) >= 11 is 0. The lowest BCUT2D eigenvalue weighted by molar-refractivity contribution is 0.315. The zero-order valence-electron chi connectivity index (χ0n) is 9.45. The van der Waals surface area contributed by atoms with E-state index >= 15 is 0 Å². The van der Waals surface area contributed by atoms with E-state index in [1.165, 1.54) is 25.1 Å². The number of likely N-dealkylation sites (tertiary alicyclic amines) is 1. The van der Waals surface area contributed by atoms with E-state index in [1.54, 1.807) is 0 Å². The molecule has 0 unspecified atom stereocenters. The van der Waals surface area contributed by atoms with E-state index < -0.39 is 0 Å². The Morgan fingerprint density at radius 3 is 2.87 bits per heavy atom. The normalized spacial score (nSPS) is 22.1. The van der Waals surface area contributed by atoms with E-state index in [0.717, 1.165) is 19.0 Å². The number of hydrogen-bond acceptors (Lipinski definition) is 2. The lowest BCUT2D eigenvalue weighted by atomic mass is 10.1. The van der Waals surface area contributed by atoms with E-state index in [4.69, 9.17) is 0 Å². The van der Waals surface area contributed by atoms with Crippen molar-refractivity contribution in [3.05, 3.63) is 35.9 Å². The summed E-state index contributed by atoms with van der Waals surface area (Å²) in [5.41, 5.74) is 1.43. The molecule has 1 aromatic rings. The third-order valence-electron chi connectivity index (χ3n) is 3.11. The van der Waals surface area contributed by atoms with E-state index in [9.17, 15) is 0 Å². The molecule has 1 fully saturated rings. The van der Waals surface area contributed by atoms with Crippen molar-refractivity contribution in [2.45, 2.75) is 13.0 Å². The highest BCUT2D eigenvalue weighted by molar-refractivity contribution is 5.14. The van der Waals surface area contributed by atoms with Gasteiger partial charge in [0.2, 0.25) is 0 Å². The van der Waals surface area contributed by atoms with Gasteiger partial charge >= 0.3 is 0 Å². The van der Waals surface area contributed by atoms with Crippen molar-refractivity contribution in [1.29, 1.82) is 0 Å². The van der Waals surface area contributed by atoms with Crippen LogP contribution in [0.15, 0.2) is 30.3 Å². The van der Waals surface area contributed by atoms with Gasteiger partial charge in [-0.25, -0.2) is 0 Å². The third kappa shape index (κ3) is 3.05. The molecule has 15 heavy (non-hydrogen) atoms. The van der Waals surface area contributed by atoms with Gasteiger partial charge in [-0.15, -0.1) is 0 Å². The Kier molecular flexibility index (Phi) is 3.75. The van der Waals surface area contributed by atoms with Crippen LogP contribution in [0.4, 0.5) is 0 Å². The van der Waals surface area contributed by atoms with Gasteiger partial charge in [0.15, 0.2) is 0 Å². The van der Waals surface area contributed by atoms with Crippen LogP contribution in [0.2, 0.25) is 0 Å². The minimum atomic E-state index is 0.846. The quantitative estimate of drug-likeness (QED) is 0.803. The molecular formula is C13H20N2. The summed E-state index contributed by atoms with van der Waals surface area (Å²) in [6.45, 7) is 4.77. The molecule has 0 saturated carbocycles. The lowest BCUT2D eigenvalue weighted by Crippen LogP contribution is -2.24. The van der Waals surface area contributed by atoms with E-state index in [-0.39, 0.29) is 0 Å². The Balaban J connectivity index is 1.82. The molecule has 0 amide bonds. The fourth-order valence-electron chi connectivity index (χ4n) is 2.35. The molecule has 1 heterocycles. The van der Waals surface area contributed by atoms with E-state index in [0.29, 0.717) is 0 Å². The Morgan fingerprint density at radius 2 is 2.13 bits per heavy atom. The van der Waals surface area contributed by atoms with Crippen LogP contribution >= 0.6 is 0 Å². The molecule has 1 aromatic carbocycles. The second kappa shape index (κ2) is 5.29. The summed E-state index contributed by atoms with van der Waals surface area (Å²) in [6.07, 6.45) is 1.34. The Morgan fingerprint density at radius 1 is 1.33 bits per heavy atom. The van der Waals surface area contributed by atoms with Crippen LogP contribution < -0.4 is 5.32 Å². The first-order valence-electron chi connectivity index (χ1n) is 5.79. The number of nitrogens with one attached hydrogen (secondary N) is 1. The molecule has 1 saturated heterocycles. The van der Waals surface area contributed by atoms with Gasteiger partial charge < -0.3 is 5.32 Å². The second-order valence-corrected chi connectivity index (χ2v) is 4.43. The third-order valence-corrected chi connectivity index (χ3v) is 3.11. The fourth-order valence-corrected chi connectivity index (χ4v) is 2.35. The maximum atomic E-state index is 3.27. The molecule has 2 rings (SSSR count). The largest absolute Gasteiger partial charge is 0.319 e. The SMILES string of the molecule is CNC[C@H]1CCN(Cc2ccccc2)C1. The maximum Gasteiger partial charge on any atom is 0.0233 e. The number of nitrogens with zero attached hydrogens (tertiary/aromatic N) is 1. The van der Waals surface area contributed by atoms with Gasteiger partial charge in [-0.1, -0.05) is 30.3 Å². The molecule has 1 N–H and O–H groups in total. The van der Waals surface area contributed by atoms with Crippen LogP contribution in [0.25, 0.3) is 0 Å². The summed E-state index contributed by atoms with van der Waals surface area (Å²) in [7, 11) is 2.04. The molecular weight excluding hydrogens is 184 g/mol. The van der Waals surface area contributed by atoms with Gasteiger partial charge in [-0.2, -0.15) is 0 Å². The van der Waals surface area contributed by atoms with Crippen molar-refractivity contribution < 1.29 is 0 Å². The van der Waals surface area contributed by atoms with Crippen molar-refractivity contribution in [1.82, 2.24) is 10.2 Å². The molecule has 0 spiro atoms. The molecule has 1 aliphatic heterocycles. The molecule has 1 atom stereocenters. The van der Waals surface area contributed by atoms with Gasteiger partial charge in [0.1, 0.15) is 0 Å². The number of rotatable bonds is 4. The first kappa shape index (κ1) is 10.7. The minimum absolute atomic E-state index is 0.846. The van der Waals surface area contributed by atoms with Crippen molar-refractivity contribution in [3.8, 4) is 0 Å². The zero-order valence-corrected chi connectivity index (χ0v) is 9.45.